The Balaban J connectivity index is 1.67. The zero-order valence-corrected chi connectivity index (χ0v) is 17.2. The molecular weight excluding hydrogens is 402 g/mol. The molecule has 1 fully saturated rings. The van der Waals surface area contributed by atoms with Crippen LogP contribution >= 0.6 is 0 Å². The van der Waals surface area contributed by atoms with Crippen LogP contribution in [0, 0.1) is 11.3 Å². The number of nitrogens with one attached hydrogen (secondary N) is 1. The Labute approximate surface area is 175 Å². The monoisotopic (exact) mass is 423 g/mol. The van der Waals surface area contributed by atoms with Crippen LogP contribution in [0.4, 0.5) is 0 Å². The summed E-state index contributed by atoms with van der Waals surface area (Å²) in [6.45, 7) is 1.93. The second-order valence-electron chi connectivity index (χ2n) is 7.16. The Bertz CT molecular complexity index is 1140. The van der Waals surface area contributed by atoms with Crippen molar-refractivity contribution >= 4 is 27.9 Å². The number of nitrogens with zero attached hydrogens (tertiary/aromatic N) is 2. The Morgan fingerprint density at radius 2 is 1.93 bits per heavy atom. The van der Waals surface area contributed by atoms with Gasteiger partial charge in [-0.1, -0.05) is 48.6 Å². The van der Waals surface area contributed by atoms with E-state index >= 15 is 0 Å². The van der Waals surface area contributed by atoms with Crippen molar-refractivity contribution < 1.29 is 18.0 Å². The van der Waals surface area contributed by atoms with Gasteiger partial charge in [0.1, 0.15) is 5.54 Å². The van der Waals surface area contributed by atoms with Gasteiger partial charge in [-0.25, -0.2) is 13.1 Å². The van der Waals surface area contributed by atoms with E-state index in [1.54, 1.807) is 13.0 Å². The Morgan fingerprint density at radius 1 is 1.20 bits per heavy atom. The molecule has 2 amide bonds. The molecule has 1 N–H and O–H groups in total. The highest BCUT2D eigenvalue weighted by Gasteiger charge is 2.50. The largest absolute Gasteiger partial charge is 0.328 e. The lowest BCUT2D eigenvalue weighted by Gasteiger charge is -2.48. The fourth-order valence-electron chi connectivity index (χ4n) is 3.19. The summed E-state index contributed by atoms with van der Waals surface area (Å²) in [5.74, 6) is -1.02. The molecule has 0 saturated carbocycles. The minimum Gasteiger partial charge on any atom is -0.328 e. The van der Waals surface area contributed by atoms with Crippen molar-refractivity contribution in [3.05, 3.63) is 71.8 Å². The maximum Gasteiger partial charge on any atom is 0.264 e. The summed E-state index contributed by atoms with van der Waals surface area (Å²) in [7, 11) is -4.16. The number of carbonyl (C=O) groups excluding carboxylic acids is 2. The van der Waals surface area contributed by atoms with Gasteiger partial charge in [-0.05, 0) is 37.1 Å². The number of rotatable bonds is 6. The van der Waals surface area contributed by atoms with Crippen LogP contribution in [0.2, 0.25) is 0 Å². The third-order valence-corrected chi connectivity index (χ3v) is 6.44. The van der Waals surface area contributed by atoms with E-state index in [2.05, 4.69) is 0 Å². The second kappa shape index (κ2) is 8.51. The van der Waals surface area contributed by atoms with E-state index in [-0.39, 0.29) is 22.8 Å². The number of likely N-dealkylation sites (tertiary alicyclic amines) is 1. The molecule has 0 bridgehead atoms. The lowest BCUT2D eigenvalue weighted by Crippen LogP contribution is -2.67. The third kappa shape index (κ3) is 4.42. The van der Waals surface area contributed by atoms with Gasteiger partial charge in [-0.2, -0.15) is 5.26 Å². The first-order chi connectivity index (χ1) is 14.3. The predicted molar refractivity (Wildman–Crippen MR) is 111 cm³/mol. The summed E-state index contributed by atoms with van der Waals surface area (Å²) in [5.41, 5.74) is -0.111. The molecule has 1 atom stereocenters. The van der Waals surface area contributed by atoms with Gasteiger partial charge in [-0.15, -0.1) is 0 Å². The molecule has 7 nitrogen and oxygen atoms in total. The molecule has 1 heterocycles. The molecule has 1 saturated heterocycles. The number of amides is 2. The summed E-state index contributed by atoms with van der Waals surface area (Å²) in [6, 6.07) is 16.8. The van der Waals surface area contributed by atoms with Crippen LogP contribution in [-0.2, 0) is 19.6 Å². The predicted octanol–water partition coefficient (Wildman–Crippen LogP) is 2.46. The van der Waals surface area contributed by atoms with Gasteiger partial charge in [0.2, 0.25) is 5.91 Å². The third-order valence-electron chi connectivity index (χ3n) is 5.11. The number of sulfonamides is 1. The van der Waals surface area contributed by atoms with E-state index in [1.165, 1.54) is 29.2 Å². The van der Waals surface area contributed by atoms with Crippen LogP contribution in [0.5, 0.6) is 0 Å². The van der Waals surface area contributed by atoms with Gasteiger partial charge in [-0.3, -0.25) is 9.59 Å². The number of carbonyl (C=O) groups is 2. The van der Waals surface area contributed by atoms with Gasteiger partial charge < -0.3 is 4.90 Å². The molecule has 1 unspecified atom stereocenters. The summed E-state index contributed by atoms with van der Waals surface area (Å²) in [5, 5.41) is 8.94. The molecule has 1 aliphatic heterocycles. The fourth-order valence-corrected chi connectivity index (χ4v) is 4.31. The van der Waals surface area contributed by atoms with Crippen molar-refractivity contribution in [3.8, 4) is 6.07 Å². The Kier molecular flexibility index (Phi) is 6.04. The number of nitriles is 1. The Hall–Kier alpha value is -3.44. The molecule has 8 heteroatoms. The van der Waals surface area contributed by atoms with E-state index in [1.807, 2.05) is 47.2 Å². The molecule has 2 aromatic rings. The first-order valence-electron chi connectivity index (χ1n) is 9.36. The smallest absolute Gasteiger partial charge is 0.264 e. The molecule has 0 aliphatic carbocycles. The molecule has 30 heavy (non-hydrogen) atoms. The Morgan fingerprint density at radius 3 is 2.57 bits per heavy atom. The standard InChI is InChI=1S/C22H21N3O4S/c1-22(21(27)24-30(28,29)19-11-5-10-18(15-19)16-23)13-14-25(22)20(26)12-6-9-17-7-3-2-4-8-17/h2-11,15H,12-14H2,1H3,(H,24,27)/b9-6+. The van der Waals surface area contributed by atoms with Crippen LogP contribution in [0.25, 0.3) is 6.08 Å². The molecule has 154 valence electrons. The van der Waals surface area contributed by atoms with Gasteiger partial charge >= 0.3 is 0 Å². The topological polar surface area (TPSA) is 107 Å². The van der Waals surface area contributed by atoms with Gasteiger partial charge in [0, 0.05) is 13.0 Å². The first-order valence-corrected chi connectivity index (χ1v) is 10.8. The lowest BCUT2D eigenvalue weighted by atomic mass is 9.85. The summed E-state index contributed by atoms with van der Waals surface area (Å²) < 4.78 is 27.1. The first kappa shape index (κ1) is 21.3. The number of hydrogen-bond donors (Lipinski definition) is 1. The molecule has 0 radical (unpaired) electrons. The minimum absolute atomic E-state index is 0.106. The summed E-state index contributed by atoms with van der Waals surface area (Å²) >= 11 is 0. The molecule has 0 aromatic heterocycles. The van der Waals surface area contributed by atoms with Crippen molar-refractivity contribution in [1.82, 2.24) is 9.62 Å². The average molecular weight is 423 g/mol. The van der Waals surface area contributed by atoms with Crippen LogP contribution < -0.4 is 4.72 Å². The van der Waals surface area contributed by atoms with Crippen molar-refractivity contribution in [3.63, 3.8) is 0 Å². The number of hydrogen-bond acceptors (Lipinski definition) is 5. The van der Waals surface area contributed by atoms with E-state index in [4.69, 9.17) is 5.26 Å². The maximum absolute atomic E-state index is 12.7. The van der Waals surface area contributed by atoms with E-state index in [0.29, 0.717) is 13.0 Å². The quantitative estimate of drug-likeness (QED) is 0.768. The highest BCUT2D eigenvalue weighted by molar-refractivity contribution is 7.90. The highest BCUT2D eigenvalue weighted by atomic mass is 32.2. The lowest BCUT2D eigenvalue weighted by molar-refractivity contribution is -0.155. The van der Waals surface area contributed by atoms with Gasteiger partial charge in [0.15, 0.2) is 0 Å². The normalized spacial score (nSPS) is 18.5. The fraction of sp³-hybridized carbons (Fsp3) is 0.227. The second-order valence-corrected chi connectivity index (χ2v) is 8.84. The van der Waals surface area contributed by atoms with E-state index in [0.717, 1.165) is 5.56 Å². The van der Waals surface area contributed by atoms with Crippen LogP contribution in [0.15, 0.2) is 65.6 Å². The van der Waals surface area contributed by atoms with E-state index in [9.17, 15) is 18.0 Å². The summed E-state index contributed by atoms with van der Waals surface area (Å²) in [4.78, 5) is 26.5. The van der Waals surface area contributed by atoms with Crippen LogP contribution in [-0.4, -0.2) is 37.2 Å². The molecule has 2 aromatic carbocycles. The van der Waals surface area contributed by atoms with Crippen LogP contribution in [0.1, 0.15) is 30.9 Å². The molecule has 1 aliphatic rings. The summed E-state index contributed by atoms with van der Waals surface area (Å²) in [6.07, 6.45) is 4.01. The zero-order valence-electron chi connectivity index (χ0n) is 16.4. The van der Waals surface area contributed by atoms with Gasteiger partial charge in [0.25, 0.3) is 15.9 Å². The molecule has 0 spiro atoms. The van der Waals surface area contributed by atoms with Gasteiger partial charge in [0.05, 0.1) is 16.5 Å². The molecule has 3 rings (SSSR count). The van der Waals surface area contributed by atoms with Crippen LogP contribution in [0.3, 0.4) is 0 Å². The zero-order chi connectivity index (χ0) is 21.8. The SMILES string of the molecule is CC1(C(=O)NS(=O)(=O)c2cccc(C#N)c2)CCN1C(=O)C/C=C/c1ccccc1. The maximum atomic E-state index is 12.7. The number of benzene rings is 2. The average Bonchev–Trinajstić information content (AvgIpc) is 2.72. The van der Waals surface area contributed by atoms with Crippen molar-refractivity contribution in [2.24, 2.45) is 0 Å². The molecular formula is C22H21N3O4S. The van der Waals surface area contributed by atoms with Crippen molar-refractivity contribution in [2.75, 3.05) is 6.54 Å². The van der Waals surface area contributed by atoms with Crippen molar-refractivity contribution in [1.29, 1.82) is 5.26 Å². The highest BCUT2D eigenvalue weighted by Crippen LogP contribution is 2.32. The van der Waals surface area contributed by atoms with E-state index < -0.39 is 21.5 Å². The van der Waals surface area contributed by atoms with Crippen molar-refractivity contribution in [2.45, 2.75) is 30.2 Å². The minimum atomic E-state index is -4.16.